The summed E-state index contributed by atoms with van der Waals surface area (Å²) in [7, 11) is 0. The summed E-state index contributed by atoms with van der Waals surface area (Å²) in [4.78, 5) is 11.7. The molecule has 3 aliphatic carbocycles. The van der Waals surface area contributed by atoms with Crippen molar-refractivity contribution >= 4 is 0 Å². The molecule has 0 aromatic carbocycles. The molecule has 22 heavy (non-hydrogen) atoms. The summed E-state index contributed by atoms with van der Waals surface area (Å²) in [6.45, 7) is 9.82. The zero-order valence-corrected chi connectivity index (χ0v) is 14.0. The first-order valence-corrected chi connectivity index (χ1v) is 9.10. The van der Waals surface area contributed by atoms with Gasteiger partial charge in [-0.3, -0.25) is 0 Å². The molecular weight excluding hydrogens is 276 g/mol. The van der Waals surface area contributed by atoms with Crippen molar-refractivity contribution in [1.29, 1.82) is 0 Å². The smallest absolute Gasteiger partial charge is 0.0999 e. The monoisotopic (exact) mass is 306 g/mol. The first-order valence-electron chi connectivity index (χ1n) is 9.10. The van der Waals surface area contributed by atoms with Crippen molar-refractivity contribution in [2.45, 2.75) is 71.0 Å². The van der Waals surface area contributed by atoms with Gasteiger partial charge in [0.2, 0.25) is 0 Å². The van der Waals surface area contributed by atoms with E-state index >= 15 is 0 Å². The number of hydrogen-bond donors (Lipinski definition) is 1. The van der Waals surface area contributed by atoms with E-state index in [0.29, 0.717) is 24.4 Å². The molecule has 124 valence electrons. The Balaban J connectivity index is 1.67. The minimum atomic E-state index is -0.154. The molecule has 3 unspecified atom stereocenters. The lowest BCUT2D eigenvalue weighted by Crippen LogP contribution is -2.52. The summed E-state index contributed by atoms with van der Waals surface area (Å²) in [6.07, 6.45) is 7.77. The SMILES string of the molecule is C=C1CCC2C3OOC[C@H]4C[C@@H](O)CC[C@]4(C)C3CC[C@]12C. The van der Waals surface area contributed by atoms with Crippen LogP contribution in [0.25, 0.3) is 0 Å². The molecule has 3 heteroatoms. The van der Waals surface area contributed by atoms with Crippen LogP contribution >= 0.6 is 0 Å². The summed E-state index contributed by atoms with van der Waals surface area (Å²) in [5.41, 5.74) is 1.92. The molecule has 0 bridgehead atoms. The predicted octanol–water partition coefficient (Wildman–Crippen LogP) is 3.87. The van der Waals surface area contributed by atoms with Crippen molar-refractivity contribution in [2.75, 3.05) is 6.61 Å². The largest absolute Gasteiger partial charge is 0.393 e. The number of allylic oxidation sites excluding steroid dienone is 1. The molecule has 1 aliphatic heterocycles. The van der Waals surface area contributed by atoms with E-state index < -0.39 is 0 Å². The lowest BCUT2D eigenvalue weighted by atomic mass is 9.52. The van der Waals surface area contributed by atoms with E-state index in [1.54, 1.807) is 0 Å². The molecule has 0 radical (unpaired) electrons. The topological polar surface area (TPSA) is 38.7 Å². The second kappa shape index (κ2) is 5.06. The van der Waals surface area contributed by atoms with E-state index in [4.69, 9.17) is 9.78 Å². The first-order chi connectivity index (χ1) is 10.4. The highest BCUT2D eigenvalue weighted by atomic mass is 17.2. The van der Waals surface area contributed by atoms with E-state index in [-0.39, 0.29) is 23.0 Å². The van der Waals surface area contributed by atoms with Gasteiger partial charge in [-0.1, -0.05) is 26.0 Å². The van der Waals surface area contributed by atoms with Gasteiger partial charge in [-0.05, 0) is 73.5 Å². The van der Waals surface area contributed by atoms with Crippen molar-refractivity contribution in [1.82, 2.24) is 0 Å². The highest BCUT2D eigenvalue weighted by molar-refractivity contribution is 5.21. The number of fused-ring (bicyclic) bond motifs is 5. The third-order valence-electron chi connectivity index (χ3n) is 7.95. The van der Waals surface area contributed by atoms with Gasteiger partial charge in [0.1, 0.15) is 0 Å². The van der Waals surface area contributed by atoms with Gasteiger partial charge >= 0.3 is 0 Å². The lowest BCUT2D eigenvalue weighted by molar-refractivity contribution is -0.345. The Kier molecular flexibility index (Phi) is 3.49. The zero-order valence-electron chi connectivity index (χ0n) is 14.0. The average Bonchev–Trinajstić information content (AvgIpc) is 2.70. The van der Waals surface area contributed by atoms with Crippen LogP contribution in [0.3, 0.4) is 0 Å². The van der Waals surface area contributed by atoms with Crippen LogP contribution in [0.2, 0.25) is 0 Å². The van der Waals surface area contributed by atoms with Crippen LogP contribution in [-0.2, 0) is 9.78 Å². The first kappa shape index (κ1) is 15.2. The third kappa shape index (κ3) is 1.98. The van der Waals surface area contributed by atoms with E-state index in [9.17, 15) is 5.11 Å². The summed E-state index contributed by atoms with van der Waals surface area (Å²) in [5.74, 6) is 1.55. The quantitative estimate of drug-likeness (QED) is 0.545. The maximum Gasteiger partial charge on any atom is 0.0999 e. The molecule has 7 atom stereocenters. The Labute approximate surface area is 134 Å². The van der Waals surface area contributed by atoms with E-state index in [1.165, 1.54) is 24.8 Å². The van der Waals surface area contributed by atoms with Crippen LogP contribution in [0.5, 0.6) is 0 Å². The van der Waals surface area contributed by atoms with Crippen molar-refractivity contribution in [2.24, 2.45) is 28.6 Å². The molecule has 4 aliphatic rings. The molecule has 1 saturated heterocycles. The van der Waals surface area contributed by atoms with Crippen LogP contribution in [0, 0.1) is 28.6 Å². The van der Waals surface area contributed by atoms with Gasteiger partial charge in [0, 0.05) is 0 Å². The number of rotatable bonds is 0. The van der Waals surface area contributed by atoms with E-state index in [0.717, 1.165) is 25.7 Å². The van der Waals surface area contributed by atoms with Crippen molar-refractivity contribution < 1.29 is 14.9 Å². The Hall–Kier alpha value is -0.380. The van der Waals surface area contributed by atoms with Crippen molar-refractivity contribution in [3.63, 3.8) is 0 Å². The maximum absolute atomic E-state index is 10.1. The minimum absolute atomic E-state index is 0.154. The molecule has 0 aromatic heterocycles. The van der Waals surface area contributed by atoms with E-state index in [2.05, 4.69) is 20.4 Å². The highest BCUT2D eigenvalue weighted by Gasteiger charge is 2.59. The van der Waals surface area contributed by atoms with Gasteiger partial charge < -0.3 is 5.11 Å². The summed E-state index contributed by atoms with van der Waals surface area (Å²) in [6, 6.07) is 0. The second-order valence-corrected chi connectivity index (χ2v) is 8.79. The van der Waals surface area contributed by atoms with E-state index in [1.807, 2.05) is 0 Å². The summed E-state index contributed by atoms with van der Waals surface area (Å²) >= 11 is 0. The fraction of sp³-hybridized carbons (Fsp3) is 0.895. The molecule has 0 amide bonds. The van der Waals surface area contributed by atoms with Gasteiger partial charge in [0.15, 0.2) is 0 Å². The van der Waals surface area contributed by atoms with Crippen molar-refractivity contribution in [3.05, 3.63) is 12.2 Å². The fourth-order valence-electron chi connectivity index (χ4n) is 6.17. The van der Waals surface area contributed by atoms with Crippen LogP contribution in [0.15, 0.2) is 12.2 Å². The molecule has 3 saturated carbocycles. The van der Waals surface area contributed by atoms with Crippen LogP contribution < -0.4 is 0 Å². The van der Waals surface area contributed by atoms with Crippen LogP contribution in [0.1, 0.15) is 58.8 Å². The molecule has 4 rings (SSSR count). The molecule has 4 fully saturated rings. The number of hydrogen-bond acceptors (Lipinski definition) is 3. The summed E-state index contributed by atoms with van der Waals surface area (Å²) in [5, 5.41) is 10.1. The second-order valence-electron chi connectivity index (χ2n) is 8.79. The Bertz CT molecular complexity index is 475. The third-order valence-corrected chi connectivity index (χ3v) is 7.95. The predicted molar refractivity (Wildman–Crippen MR) is 85.0 cm³/mol. The Morgan fingerprint density at radius 3 is 2.77 bits per heavy atom. The minimum Gasteiger partial charge on any atom is -0.393 e. The Morgan fingerprint density at radius 1 is 1.14 bits per heavy atom. The molecule has 3 nitrogen and oxygen atoms in total. The van der Waals surface area contributed by atoms with Crippen LogP contribution in [0.4, 0.5) is 0 Å². The molecule has 0 aromatic rings. The molecule has 0 spiro atoms. The van der Waals surface area contributed by atoms with Crippen LogP contribution in [-0.4, -0.2) is 23.9 Å². The Morgan fingerprint density at radius 2 is 1.95 bits per heavy atom. The lowest BCUT2D eigenvalue weighted by Gasteiger charge is -2.53. The summed E-state index contributed by atoms with van der Waals surface area (Å²) < 4.78 is 0. The fourth-order valence-corrected chi connectivity index (χ4v) is 6.17. The highest BCUT2D eigenvalue weighted by Crippen LogP contribution is 2.62. The molecular formula is C19H30O3. The maximum atomic E-state index is 10.1. The average molecular weight is 306 g/mol. The van der Waals surface area contributed by atoms with Crippen molar-refractivity contribution in [3.8, 4) is 0 Å². The molecule has 1 N–H and O–H groups in total. The standard InChI is InChI=1S/C19H30O3/c1-12-4-5-15-17-16(7-9-18(12,15)2)19(3)8-6-14(20)10-13(19)11-21-22-17/h13-17,20H,1,4-11H2,2-3H3/t13-,14+,15?,16?,17?,18-,19+/m1/s1. The van der Waals surface area contributed by atoms with Gasteiger partial charge in [-0.2, -0.15) is 0 Å². The van der Waals surface area contributed by atoms with Gasteiger partial charge in [0.25, 0.3) is 0 Å². The normalized spacial score (nSPS) is 55.0. The zero-order chi connectivity index (χ0) is 15.5. The molecule has 1 heterocycles. The number of aliphatic hydroxyl groups excluding tert-OH is 1. The number of aliphatic hydroxyl groups is 1. The van der Waals surface area contributed by atoms with Gasteiger partial charge in [-0.15, -0.1) is 0 Å². The van der Waals surface area contributed by atoms with Gasteiger partial charge in [-0.25, -0.2) is 9.78 Å². The van der Waals surface area contributed by atoms with Gasteiger partial charge in [0.05, 0.1) is 18.8 Å².